The molecule has 0 spiro atoms. The molecule has 0 fully saturated rings. The first-order valence-corrected chi connectivity index (χ1v) is 14.1. The van der Waals surface area contributed by atoms with Gasteiger partial charge in [-0.25, -0.2) is 4.90 Å². The highest BCUT2D eigenvalue weighted by Crippen LogP contribution is 2.52. The molecule has 2 aliphatic heterocycles. The molecule has 0 unspecified atom stereocenters. The van der Waals surface area contributed by atoms with Crippen LogP contribution in [0.3, 0.4) is 0 Å². The fourth-order valence-corrected chi connectivity index (χ4v) is 6.21. The Bertz CT molecular complexity index is 1790. The number of amides is 2. The lowest BCUT2D eigenvalue weighted by atomic mass is 9.88. The summed E-state index contributed by atoms with van der Waals surface area (Å²) in [5.74, 6) is 1.20. The molecule has 2 amide bonds. The number of imide groups is 1. The van der Waals surface area contributed by atoms with E-state index in [1.165, 1.54) is 4.90 Å². The Kier molecular flexibility index (Phi) is 5.72. The number of hydrogen-bond donors (Lipinski definition) is 0. The molecule has 5 nitrogen and oxygen atoms in total. The van der Waals surface area contributed by atoms with Crippen molar-refractivity contribution >= 4 is 45.3 Å². The minimum absolute atomic E-state index is 0.144. The van der Waals surface area contributed by atoms with Gasteiger partial charge in [-0.2, -0.15) is 0 Å². The Labute approximate surface area is 239 Å². The predicted molar refractivity (Wildman–Crippen MR) is 164 cm³/mol. The van der Waals surface area contributed by atoms with Crippen LogP contribution in [0, 0.1) is 0 Å². The van der Waals surface area contributed by atoms with E-state index in [1.807, 2.05) is 97.1 Å². The molecule has 0 radical (unpaired) electrons. The maximum atomic E-state index is 14.3. The summed E-state index contributed by atoms with van der Waals surface area (Å²) in [5, 5.41) is 1.53. The van der Waals surface area contributed by atoms with Gasteiger partial charge in [-0.1, -0.05) is 82.3 Å². The fraction of sp³-hybridized carbons (Fsp3) is 0.167. The SMILES string of the molecule is CC(C)c1cccc(C(C)C)c1N1C(=O)c2cccc3c(N4c5ccccc5Oc5ccccc54)ccc(c23)C1=O. The molecule has 5 aromatic carbocycles. The first-order chi connectivity index (χ1) is 19.9. The highest BCUT2D eigenvalue weighted by Gasteiger charge is 2.38. The molecule has 0 aliphatic carbocycles. The standard InChI is InChI=1S/C36H30N2O3/c1-21(2)23-11-9-12-24(22(3)4)34(23)38-35(39)26-14-10-13-25-28(20-19-27(33(25)26)36(38)40)37-29-15-5-7-17-31(29)41-32-18-8-6-16-30(32)37/h5-22H,1-4H3. The lowest BCUT2D eigenvalue weighted by Crippen LogP contribution is -2.41. The van der Waals surface area contributed by atoms with Gasteiger partial charge >= 0.3 is 0 Å². The average Bonchev–Trinajstić information content (AvgIpc) is 2.98. The van der Waals surface area contributed by atoms with Gasteiger partial charge in [0.15, 0.2) is 11.5 Å². The molecule has 2 heterocycles. The second-order valence-corrected chi connectivity index (χ2v) is 11.3. The molecule has 7 rings (SSSR count). The number of ether oxygens (including phenoxy) is 1. The van der Waals surface area contributed by atoms with Crippen molar-refractivity contribution in [2.24, 2.45) is 0 Å². The molecular weight excluding hydrogens is 508 g/mol. The van der Waals surface area contributed by atoms with Crippen LogP contribution >= 0.6 is 0 Å². The summed E-state index contributed by atoms with van der Waals surface area (Å²) >= 11 is 0. The van der Waals surface area contributed by atoms with E-state index >= 15 is 0 Å². The molecular formula is C36H30N2O3. The number of anilines is 4. The van der Waals surface area contributed by atoms with Gasteiger partial charge in [-0.3, -0.25) is 9.59 Å². The maximum absolute atomic E-state index is 14.3. The van der Waals surface area contributed by atoms with E-state index in [4.69, 9.17) is 4.74 Å². The molecule has 41 heavy (non-hydrogen) atoms. The number of benzene rings is 5. The molecule has 0 N–H and O–H groups in total. The Morgan fingerprint density at radius 3 is 1.66 bits per heavy atom. The van der Waals surface area contributed by atoms with Crippen LogP contribution in [0.15, 0.2) is 97.1 Å². The number of rotatable bonds is 4. The third kappa shape index (κ3) is 3.69. The van der Waals surface area contributed by atoms with Crippen molar-refractivity contribution < 1.29 is 14.3 Å². The van der Waals surface area contributed by atoms with Gasteiger partial charge in [0.05, 0.1) is 22.7 Å². The van der Waals surface area contributed by atoms with Crippen LogP contribution in [0.2, 0.25) is 0 Å². The van der Waals surface area contributed by atoms with Crippen LogP contribution in [0.25, 0.3) is 10.8 Å². The lowest BCUT2D eigenvalue weighted by Gasteiger charge is -2.35. The number of nitrogens with zero attached hydrogens (tertiary/aromatic N) is 2. The second-order valence-electron chi connectivity index (χ2n) is 11.3. The van der Waals surface area contributed by atoms with Crippen molar-refractivity contribution in [1.82, 2.24) is 0 Å². The zero-order valence-electron chi connectivity index (χ0n) is 23.5. The first-order valence-electron chi connectivity index (χ1n) is 14.1. The molecule has 5 heteroatoms. The van der Waals surface area contributed by atoms with E-state index in [-0.39, 0.29) is 23.7 Å². The van der Waals surface area contributed by atoms with Gasteiger partial charge in [-0.05, 0) is 65.4 Å². The molecule has 0 saturated carbocycles. The van der Waals surface area contributed by atoms with Crippen molar-refractivity contribution in [3.8, 4) is 11.5 Å². The normalized spacial score (nSPS) is 14.0. The van der Waals surface area contributed by atoms with E-state index in [9.17, 15) is 9.59 Å². The van der Waals surface area contributed by atoms with Crippen LogP contribution in [0.4, 0.5) is 22.7 Å². The zero-order chi connectivity index (χ0) is 28.4. The predicted octanol–water partition coefficient (Wildman–Crippen LogP) is 9.46. The Hall–Kier alpha value is -4.90. The van der Waals surface area contributed by atoms with Gasteiger partial charge in [-0.15, -0.1) is 0 Å². The van der Waals surface area contributed by atoms with Gasteiger partial charge < -0.3 is 9.64 Å². The highest BCUT2D eigenvalue weighted by molar-refractivity contribution is 6.37. The van der Waals surface area contributed by atoms with Gasteiger partial charge in [0.25, 0.3) is 11.8 Å². The average molecular weight is 539 g/mol. The smallest absolute Gasteiger partial charge is 0.266 e. The van der Waals surface area contributed by atoms with Crippen molar-refractivity contribution in [2.75, 3.05) is 9.80 Å². The highest BCUT2D eigenvalue weighted by atomic mass is 16.5. The molecule has 0 atom stereocenters. The molecule has 202 valence electrons. The van der Waals surface area contributed by atoms with Crippen molar-refractivity contribution in [3.05, 3.63) is 119 Å². The summed E-state index contributed by atoms with van der Waals surface area (Å²) in [6.07, 6.45) is 0. The summed E-state index contributed by atoms with van der Waals surface area (Å²) in [7, 11) is 0. The second kappa shape index (κ2) is 9.34. The van der Waals surface area contributed by atoms with Gasteiger partial charge in [0.2, 0.25) is 0 Å². The Balaban J connectivity index is 1.46. The Morgan fingerprint density at radius 2 is 1.07 bits per heavy atom. The topological polar surface area (TPSA) is 49.9 Å². The van der Waals surface area contributed by atoms with Gasteiger partial charge in [0.1, 0.15) is 0 Å². The monoisotopic (exact) mass is 538 g/mol. The minimum Gasteiger partial charge on any atom is -0.453 e. The molecule has 0 bridgehead atoms. The van der Waals surface area contributed by atoms with E-state index in [0.717, 1.165) is 50.8 Å². The van der Waals surface area contributed by atoms with Crippen molar-refractivity contribution in [3.63, 3.8) is 0 Å². The van der Waals surface area contributed by atoms with Crippen LogP contribution in [0.5, 0.6) is 11.5 Å². The number of fused-ring (bicyclic) bond motifs is 2. The zero-order valence-corrected chi connectivity index (χ0v) is 23.5. The molecule has 0 saturated heterocycles. The largest absolute Gasteiger partial charge is 0.453 e. The van der Waals surface area contributed by atoms with E-state index < -0.39 is 0 Å². The van der Waals surface area contributed by atoms with Crippen LogP contribution in [-0.2, 0) is 0 Å². The summed E-state index contributed by atoms with van der Waals surface area (Å²) in [6.45, 7) is 8.39. The van der Waals surface area contributed by atoms with Crippen molar-refractivity contribution in [1.29, 1.82) is 0 Å². The number of para-hydroxylation sites is 5. The van der Waals surface area contributed by atoms with E-state index in [2.05, 4.69) is 32.6 Å². The lowest BCUT2D eigenvalue weighted by molar-refractivity contribution is 0.0893. The van der Waals surface area contributed by atoms with Crippen molar-refractivity contribution in [2.45, 2.75) is 39.5 Å². The first kappa shape index (κ1) is 25.1. The molecule has 5 aromatic rings. The minimum atomic E-state index is -0.289. The number of hydrogen-bond acceptors (Lipinski definition) is 4. The maximum Gasteiger partial charge on any atom is 0.266 e. The molecule has 0 aromatic heterocycles. The van der Waals surface area contributed by atoms with Gasteiger partial charge in [0, 0.05) is 21.9 Å². The summed E-state index contributed by atoms with van der Waals surface area (Å²) in [4.78, 5) is 32.2. The van der Waals surface area contributed by atoms with Crippen LogP contribution < -0.4 is 14.5 Å². The number of carbonyl (C=O) groups excluding carboxylic acids is 2. The number of carbonyl (C=O) groups is 2. The quantitative estimate of drug-likeness (QED) is 0.210. The van der Waals surface area contributed by atoms with Crippen LogP contribution in [0.1, 0.15) is 71.4 Å². The third-order valence-electron chi connectivity index (χ3n) is 8.12. The fourth-order valence-electron chi connectivity index (χ4n) is 6.21. The summed E-state index contributed by atoms with van der Waals surface area (Å²) < 4.78 is 6.22. The van der Waals surface area contributed by atoms with E-state index in [1.54, 1.807) is 0 Å². The third-order valence-corrected chi connectivity index (χ3v) is 8.12. The molecule has 2 aliphatic rings. The summed E-state index contributed by atoms with van der Waals surface area (Å²) in [6, 6.07) is 31.5. The summed E-state index contributed by atoms with van der Waals surface area (Å²) in [5.41, 5.74) is 6.44. The van der Waals surface area contributed by atoms with Crippen LogP contribution in [-0.4, -0.2) is 11.8 Å². The van der Waals surface area contributed by atoms with E-state index in [0.29, 0.717) is 16.5 Å². The Morgan fingerprint density at radius 1 is 0.537 bits per heavy atom.